The second kappa shape index (κ2) is 9.58. The number of sulfonamides is 1. The van der Waals surface area contributed by atoms with Crippen LogP contribution in [0.5, 0.6) is 0 Å². The van der Waals surface area contributed by atoms with Crippen molar-refractivity contribution in [3.05, 3.63) is 78.4 Å². The maximum atomic E-state index is 13.4. The van der Waals surface area contributed by atoms with E-state index in [0.717, 1.165) is 24.1 Å². The van der Waals surface area contributed by atoms with Crippen molar-refractivity contribution in [2.45, 2.75) is 31.7 Å². The summed E-state index contributed by atoms with van der Waals surface area (Å²) in [4.78, 5) is 16.8. The van der Waals surface area contributed by atoms with Crippen molar-refractivity contribution >= 4 is 21.6 Å². The summed E-state index contributed by atoms with van der Waals surface area (Å²) in [5.74, 6) is -0.346. The van der Waals surface area contributed by atoms with Gasteiger partial charge >= 0.3 is 0 Å². The first-order chi connectivity index (χ1) is 14.4. The first-order valence-corrected chi connectivity index (χ1v) is 11.2. The fourth-order valence-corrected chi connectivity index (χ4v) is 4.62. The number of benzene rings is 2. The molecule has 0 aliphatic rings. The number of rotatable bonds is 9. The van der Waals surface area contributed by atoms with Crippen LogP contribution in [-0.2, 0) is 21.4 Å². The van der Waals surface area contributed by atoms with Crippen LogP contribution in [0, 0.1) is 13.8 Å². The van der Waals surface area contributed by atoms with E-state index in [2.05, 4.69) is 10.3 Å². The third-order valence-corrected chi connectivity index (χ3v) is 6.71. The number of anilines is 1. The van der Waals surface area contributed by atoms with Crippen LogP contribution < -0.4 is 9.62 Å². The predicted octanol–water partition coefficient (Wildman–Crippen LogP) is 2.90. The van der Waals surface area contributed by atoms with E-state index in [1.807, 2.05) is 30.7 Å². The number of hydrogen-bond acceptors (Lipinski definition) is 4. The number of aryl methyl sites for hydroxylation is 2. The van der Waals surface area contributed by atoms with Crippen molar-refractivity contribution in [2.24, 2.45) is 0 Å². The van der Waals surface area contributed by atoms with Gasteiger partial charge in [0, 0.05) is 25.5 Å². The van der Waals surface area contributed by atoms with E-state index in [-0.39, 0.29) is 17.3 Å². The van der Waals surface area contributed by atoms with Gasteiger partial charge < -0.3 is 9.88 Å². The van der Waals surface area contributed by atoms with Crippen LogP contribution in [0.1, 0.15) is 17.5 Å². The zero-order valence-corrected chi connectivity index (χ0v) is 18.0. The van der Waals surface area contributed by atoms with Gasteiger partial charge in [-0.3, -0.25) is 9.10 Å². The molecular weight excluding hydrogens is 400 g/mol. The SMILES string of the molecule is Cc1cccc(N(CC(=O)NCCCn2ccnc2)S(=O)(=O)c2ccccc2)c1C. The second-order valence-electron chi connectivity index (χ2n) is 7.05. The standard InChI is InChI=1S/C22H26N4O3S/c1-18-8-6-11-21(19(18)2)26(30(28,29)20-9-4-3-5-10-20)16-22(27)24-12-7-14-25-15-13-23-17-25/h3-6,8-11,13,15,17H,7,12,14,16H2,1-2H3,(H,24,27). The molecule has 0 spiro atoms. The van der Waals surface area contributed by atoms with Gasteiger partial charge in [0.1, 0.15) is 6.54 Å². The molecule has 0 saturated heterocycles. The minimum atomic E-state index is -3.89. The zero-order valence-electron chi connectivity index (χ0n) is 17.2. The molecule has 0 fully saturated rings. The summed E-state index contributed by atoms with van der Waals surface area (Å²) in [5.41, 5.74) is 2.29. The van der Waals surface area contributed by atoms with Gasteiger partial charge in [-0.05, 0) is 49.6 Å². The highest BCUT2D eigenvalue weighted by atomic mass is 32.2. The molecule has 1 amide bonds. The Labute approximate surface area is 177 Å². The molecule has 3 aromatic rings. The van der Waals surface area contributed by atoms with Crippen molar-refractivity contribution in [1.82, 2.24) is 14.9 Å². The smallest absolute Gasteiger partial charge is 0.264 e. The van der Waals surface area contributed by atoms with Crippen molar-refractivity contribution in [1.29, 1.82) is 0 Å². The Kier molecular flexibility index (Phi) is 6.89. The van der Waals surface area contributed by atoms with Crippen LogP contribution in [0.2, 0.25) is 0 Å². The number of amides is 1. The van der Waals surface area contributed by atoms with Gasteiger partial charge in [0.2, 0.25) is 5.91 Å². The minimum absolute atomic E-state index is 0.152. The third-order valence-electron chi connectivity index (χ3n) is 4.94. The molecule has 0 radical (unpaired) electrons. The topological polar surface area (TPSA) is 84.3 Å². The lowest BCUT2D eigenvalue weighted by atomic mass is 10.1. The highest BCUT2D eigenvalue weighted by Gasteiger charge is 2.28. The number of carbonyl (C=O) groups excluding carboxylic acids is 1. The molecule has 1 heterocycles. The maximum Gasteiger partial charge on any atom is 0.264 e. The number of aromatic nitrogens is 2. The molecule has 0 atom stereocenters. The highest BCUT2D eigenvalue weighted by molar-refractivity contribution is 7.92. The molecule has 7 nitrogen and oxygen atoms in total. The quantitative estimate of drug-likeness (QED) is 0.533. The average Bonchev–Trinajstić information content (AvgIpc) is 3.26. The van der Waals surface area contributed by atoms with Crippen LogP contribution in [0.4, 0.5) is 5.69 Å². The number of hydrogen-bond donors (Lipinski definition) is 1. The molecule has 8 heteroatoms. The van der Waals surface area contributed by atoms with Gasteiger partial charge in [0.25, 0.3) is 10.0 Å². The highest BCUT2D eigenvalue weighted by Crippen LogP contribution is 2.28. The van der Waals surface area contributed by atoms with Crippen LogP contribution in [0.25, 0.3) is 0 Å². The van der Waals surface area contributed by atoms with Gasteiger partial charge in [-0.2, -0.15) is 0 Å². The van der Waals surface area contributed by atoms with E-state index in [9.17, 15) is 13.2 Å². The molecule has 0 aliphatic carbocycles. The average molecular weight is 427 g/mol. The zero-order chi connectivity index (χ0) is 21.6. The molecule has 0 aliphatic heterocycles. The summed E-state index contributed by atoms with van der Waals surface area (Å²) < 4.78 is 29.8. The van der Waals surface area contributed by atoms with Crippen molar-refractivity contribution in [2.75, 3.05) is 17.4 Å². The summed E-state index contributed by atoms with van der Waals surface area (Å²) in [6.07, 6.45) is 6.00. The summed E-state index contributed by atoms with van der Waals surface area (Å²) in [5, 5.41) is 2.82. The normalized spacial score (nSPS) is 11.3. The lowest BCUT2D eigenvalue weighted by Gasteiger charge is -2.26. The number of carbonyl (C=O) groups is 1. The molecule has 3 rings (SSSR count). The molecule has 0 bridgehead atoms. The predicted molar refractivity (Wildman–Crippen MR) is 117 cm³/mol. The van der Waals surface area contributed by atoms with E-state index in [1.54, 1.807) is 42.9 Å². The minimum Gasteiger partial charge on any atom is -0.354 e. The summed E-state index contributed by atoms with van der Waals surface area (Å²) in [7, 11) is -3.89. The first kappa shape index (κ1) is 21.6. The Morgan fingerprint density at radius 1 is 1.10 bits per heavy atom. The molecule has 30 heavy (non-hydrogen) atoms. The Bertz CT molecular complexity index is 1080. The molecule has 0 unspecified atom stereocenters. The Morgan fingerprint density at radius 2 is 1.87 bits per heavy atom. The largest absolute Gasteiger partial charge is 0.354 e. The van der Waals surface area contributed by atoms with E-state index in [1.165, 1.54) is 16.4 Å². The molecule has 1 N–H and O–H groups in total. The molecule has 158 valence electrons. The number of imidazole rings is 1. The van der Waals surface area contributed by atoms with Crippen LogP contribution in [-0.4, -0.2) is 37.0 Å². The van der Waals surface area contributed by atoms with Crippen LogP contribution in [0.15, 0.2) is 72.1 Å². The molecule has 2 aromatic carbocycles. The number of nitrogens with zero attached hydrogens (tertiary/aromatic N) is 3. The van der Waals surface area contributed by atoms with E-state index in [0.29, 0.717) is 12.2 Å². The Morgan fingerprint density at radius 3 is 2.57 bits per heavy atom. The van der Waals surface area contributed by atoms with Crippen LogP contribution >= 0.6 is 0 Å². The molecule has 0 saturated carbocycles. The van der Waals surface area contributed by atoms with E-state index < -0.39 is 10.0 Å². The Balaban J connectivity index is 1.78. The molecule has 1 aromatic heterocycles. The lowest BCUT2D eigenvalue weighted by Crippen LogP contribution is -2.41. The lowest BCUT2D eigenvalue weighted by molar-refractivity contribution is -0.119. The Hall–Kier alpha value is -3.13. The van der Waals surface area contributed by atoms with Crippen molar-refractivity contribution < 1.29 is 13.2 Å². The van der Waals surface area contributed by atoms with Gasteiger partial charge in [0.15, 0.2) is 0 Å². The number of nitrogens with one attached hydrogen (secondary N) is 1. The van der Waals surface area contributed by atoms with Gasteiger partial charge in [0.05, 0.1) is 16.9 Å². The van der Waals surface area contributed by atoms with E-state index >= 15 is 0 Å². The fraction of sp³-hybridized carbons (Fsp3) is 0.273. The summed E-state index contributed by atoms with van der Waals surface area (Å²) in [6, 6.07) is 13.6. The summed E-state index contributed by atoms with van der Waals surface area (Å²) in [6.45, 7) is 4.67. The monoisotopic (exact) mass is 426 g/mol. The van der Waals surface area contributed by atoms with Gasteiger partial charge in [-0.25, -0.2) is 13.4 Å². The summed E-state index contributed by atoms with van der Waals surface area (Å²) >= 11 is 0. The fourth-order valence-electron chi connectivity index (χ4n) is 3.12. The van der Waals surface area contributed by atoms with Gasteiger partial charge in [-0.1, -0.05) is 30.3 Å². The van der Waals surface area contributed by atoms with Crippen molar-refractivity contribution in [3.63, 3.8) is 0 Å². The van der Waals surface area contributed by atoms with E-state index in [4.69, 9.17) is 0 Å². The third kappa shape index (κ3) is 5.07. The molecular formula is C22H26N4O3S. The maximum absolute atomic E-state index is 13.4. The van der Waals surface area contributed by atoms with Crippen molar-refractivity contribution in [3.8, 4) is 0 Å². The van der Waals surface area contributed by atoms with Crippen LogP contribution in [0.3, 0.4) is 0 Å². The van der Waals surface area contributed by atoms with Gasteiger partial charge in [-0.15, -0.1) is 0 Å². The first-order valence-electron chi connectivity index (χ1n) is 9.76. The second-order valence-corrected chi connectivity index (χ2v) is 8.91.